The Balaban J connectivity index is 1.39. The van der Waals surface area contributed by atoms with Crippen LogP contribution in [0.4, 0.5) is 5.95 Å². The number of allylic oxidation sites excluding steroid dienone is 1. The van der Waals surface area contributed by atoms with Gasteiger partial charge in [0.2, 0.25) is 5.95 Å². The van der Waals surface area contributed by atoms with Crippen molar-refractivity contribution in [3.63, 3.8) is 0 Å². The number of fused-ring (bicyclic) bond motifs is 4. The molecule has 1 aliphatic rings. The monoisotopic (exact) mass is 481 g/mol. The van der Waals surface area contributed by atoms with Crippen molar-refractivity contribution in [1.29, 1.82) is 0 Å². The Labute approximate surface area is 207 Å². The number of imidazole rings is 1. The number of aryl methyl sites for hydroxylation is 2. The SMILES string of the molecule is C=CCn1c(NCc2nc3ccccc3n2Cc2ccccc2)nc2sc3c(c2c1=O)CCCC3. The lowest BCUT2D eigenvalue weighted by molar-refractivity contribution is 0.698. The molecule has 0 amide bonds. The predicted molar refractivity (Wildman–Crippen MR) is 143 cm³/mol. The highest BCUT2D eigenvalue weighted by Gasteiger charge is 2.22. The molecule has 0 bridgehead atoms. The molecule has 0 atom stereocenters. The number of thiophene rings is 1. The summed E-state index contributed by atoms with van der Waals surface area (Å²) in [5.41, 5.74) is 4.49. The third-order valence-electron chi connectivity index (χ3n) is 6.71. The molecule has 1 aliphatic carbocycles. The second-order valence-corrected chi connectivity index (χ2v) is 10.1. The lowest BCUT2D eigenvalue weighted by atomic mass is 9.97. The van der Waals surface area contributed by atoms with E-state index in [1.54, 1.807) is 22.0 Å². The highest BCUT2D eigenvalue weighted by molar-refractivity contribution is 7.18. The largest absolute Gasteiger partial charge is 0.348 e. The van der Waals surface area contributed by atoms with Gasteiger partial charge in [0, 0.05) is 18.0 Å². The third kappa shape index (κ3) is 3.96. The second kappa shape index (κ2) is 9.15. The lowest BCUT2D eigenvalue weighted by Gasteiger charge is -2.14. The zero-order valence-electron chi connectivity index (χ0n) is 19.5. The maximum absolute atomic E-state index is 13.6. The van der Waals surface area contributed by atoms with Crippen LogP contribution in [-0.4, -0.2) is 19.1 Å². The molecule has 0 fully saturated rings. The number of nitrogens with zero attached hydrogens (tertiary/aromatic N) is 4. The summed E-state index contributed by atoms with van der Waals surface area (Å²) in [6.45, 7) is 5.47. The molecule has 7 heteroatoms. The Morgan fingerprint density at radius 1 is 1.00 bits per heavy atom. The van der Waals surface area contributed by atoms with E-state index < -0.39 is 0 Å². The van der Waals surface area contributed by atoms with E-state index in [1.165, 1.54) is 22.4 Å². The summed E-state index contributed by atoms with van der Waals surface area (Å²) in [6, 6.07) is 18.6. The quantitative estimate of drug-likeness (QED) is 0.310. The van der Waals surface area contributed by atoms with Crippen molar-refractivity contribution in [1.82, 2.24) is 19.1 Å². The first kappa shape index (κ1) is 21.8. The molecule has 0 aliphatic heterocycles. The van der Waals surface area contributed by atoms with E-state index in [1.807, 2.05) is 24.3 Å². The summed E-state index contributed by atoms with van der Waals surface area (Å²) >= 11 is 1.67. The summed E-state index contributed by atoms with van der Waals surface area (Å²) in [4.78, 5) is 25.5. The Morgan fingerprint density at radius 3 is 2.66 bits per heavy atom. The van der Waals surface area contributed by atoms with E-state index in [0.717, 1.165) is 52.9 Å². The molecule has 0 saturated carbocycles. The first-order chi connectivity index (χ1) is 17.2. The molecule has 5 aromatic rings. The number of aromatic nitrogens is 4. The topological polar surface area (TPSA) is 64.7 Å². The fourth-order valence-electron chi connectivity index (χ4n) is 5.03. The molecule has 0 saturated heterocycles. The predicted octanol–water partition coefficient (Wildman–Crippen LogP) is 5.53. The number of hydrogen-bond donors (Lipinski definition) is 1. The fraction of sp³-hybridized carbons (Fsp3) is 0.250. The van der Waals surface area contributed by atoms with Gasteiger partial charge in [-0.3, -0.25) is 9.36 Å². The third-order valence-corrected chi connectivity index (χ3v) is 7.89. The van der Waals surface area contributed by atoms with Crippen molar-refractivity contribution >= 4 is 38.5 Å². The number of nitrogens with one attached hydrogen (secondary N) is 1. The van der Waals surface area contributed by atoms with Gasteiger partial charge >= 0.3 is 0 Å². The molecule has 3 heterocycles. The smallest absolute Gasteiger partial charge is 0.264 e. The van der Waals surface area contributed by atoms with Crippen LogP contribution < -0.4 is 10.9 Å². The van der Waals surface area contributed by atoms with Gasteiger partial charge in [0.1, 0.15) is 10.7 Å². The maximum atomic E-state index is 13.6. The average molecular weight is 482 g/mol. The van der Waals surface area contributed by atoms with Gasteiger partial charge in [-0.05, 0) is 48.9 Å². The van der Waals surface area contributed by atoms with Gasteiger partial charge in [0.25, 0.3) is 5.56 Å². The van der Waals surface area contributed by atoms with Crippen molar-refractivity contribution in [3.05, 3.63) is 99.4 Å². The number of hydrogen-bond acceptors (Lipinski definition) is 5. The van der Waals surface area contributed by atoms with Crippen molar-refractivity contribution in [2.45, 2.75) is 45.3 Å². The van der Waals surface area contributed by atoms with Crippen LogP contribution in [0.5, 0.6) is 0 Å². The van der Waals surface area contributed by atoms with Gasteiger partial charge in [-0.25, -0.2) is 9.97 Å². The first-order valence-electron chi connectivity index (χ1n) is 12.1. The van der Waals surface area contributed by atoms with E-state index >= 15 is 0 Å². The first-order valence-corrected chi connectivity index (χ1v) is 12.9. The minimum absolute atomic E-state index is 0.0228. The molecule has 6 rings (SSSR count). The zero-order valence-corrected chi connectivity index (χ0v) is 20.4. The average Bonchev–Trinajstić information content (AvgIpc) is 3.43. The molecule has 0 radical (unpaired) electrons. The summed E-state index contributed by atoms with van der Waals surface area (Å²) in [6.07, 6.45) is 6.09. The van der Waals surface area contributed by atoms with Gasteiger partial charge in [-0.2, -0.15) is 0 Å². The van der Waals surface area contributed by atoms with Crippen LogP contribution >= 0.6 is 11.3 Å². The fourth-order valence-corrected chi connectivity index (χ4v) is 6.28. The Kier molecular flexibility index (Phi) is 5.70. The van der Waals surface area contributed by atoms with Crippen LogP contribution in [0.1, 0.15) is 34.7 Å². The lowest BCUT2D eigenvalue weighted by Crippen LogP contribution is -2.25. The van der Waals surface area contributed by atoms with Gasteiger partial charge in [-0.15, -0.1) is 17.9 Å². The Morgan fingerprint density at radius 2 is 1.80 bits per heavy atom. The number of rotatable bonds is 7. The van der Waals surface area contributed by atoms with Gasteiger partial charge in [0.05, 0.1) is 23.0 Å². The molecule has 0 spiro atoms. The van der Waals surface area contributed by atoms with Crippen LogP contribution in [0, 0.1) is 0 Å². The van der Waals surface area contributed by atoms with Gasteiger partial charge in [-0.1, -0.05) is 48.5 Å². The molecule has 6 nitrogen and oxygen atoms in total. The normalized spacial score (nSPS) is 13.3. The van der Waals surface area contributed by atoms with E-state index in [0.29, 0.717) is 19.0 Å². The summed E-state index contributed by atoms with van der Waals surface area (Å²) < 4.78 is 3.94. The van der Waals surface area contributed by atoms with Gasteiger partial charge < -0.3 is 9.88 Å². The van der Waals surface area contributed by atoms with E-state index in [2.05, 4.69) is 46.8 Å². The molecule has 2 aromatic carbocycles. The number of benzene rings is 2. The van der Waals surface area contributed by atoms with Crippen molar-refractivity contribution < 1.29 is 0 Å². The van der Waals surface area contributed by atoms with Crippen molar-refractivity contribution in [2.24, 2.45) is 0 Å². The van der Waals surface area contributed by atoms with Crippen molar-refractivity contribution in [2.75, 3.05) is 5.32 Å². The van der Waals surface area contributed by atoms with Crippen LogP contribution in [0.15, 0.2) is 72.0 Å². The van der Waals surface area contributed by atoms with Crippen LogP contribution in [0.3, 0.4) is 0 Å². The molecular formula is C28H27N5OS. The molecule has 1 N–H and O–H groups in total. The number of anilines is 1. The minimum Gasteiger partial charge on any atom is -0.348 e. The molecule has 176 valence electrons. The molecular weight excluding hydrogens is 454 g/mol. The second-order valence-electron chi connectivity index (χ2n) is 8.97. The highest BCUT2D eigenvalue weighted by Crippen LogP contribution is 2.34. The standard InChI is InChI=1S/C28H27N5OS/c1-2-16-32-27(34)25-20-12-6-9-15-23(20)35-26(25)31-28(32)29-17-24-30-21-13-7-8-14-22(21)33(24)18-19-10-4-3-5-11-19/h2-5,7-8,10-11,13-14H,1,6,9,12,15-18H2,(H,29,31). The van der Waals surface area contributed by atoms with Crippen LogP contribution in [0.2, 0.25) is 0 Å². The summed E-state index contributed by atoms with van der Waals surface area (Å²) in [5, 5.41) is 4.24. The maximum Gasteiger partial charge on any atom is 0.264 e. The Bertz CT molecular complexity index is 1600. The van der Waals surface area contributed by atoms with E-state index in [4.69, 9.17) is 9.97 Å². The van der Waals surface area contributed by atoms with Crippen LogP contribution in [-0.2, 0) is 32.5 Å². The van der Waals surface area contributed by atoms with Crippen LogP contribution in [0.25, 0.3) is 21.3 Å². The number of para-hydroxylation sites is 2. The summed E-state index contributed by atoms with van der Waals surface area (Å²) in [5.74, 6) is 1.47. The van der Waals surface area contributed by atoms with Crippen molar-refractivity contribution in [3.8, 4) is 0 Å². The zero-order chi connectivity index (χ0) is 23.8. The van der Waals surface area contributed by atoms with E-state index in [-0.39, 0.29) is 5.56 Å². The molecule has 0 unspecified atom stereocenters. The van der Waals surface area contributed by atoms with E-state index in [9.17, 15) is 4.79 Å². The van der Waals surface area contributed by atoms with Gasteiger partial charge in [0.15, 0.2) is 0 Å². The summed E-state index contributed by atoms with van der Waals surface area (Å²) in [7, 11) is 0. The highest BCUT2D eigenvalue weighted by atomic mass is 32.1. The molecule has 35 heavy (non-hydrogen) atoms. The Hall–Kier alpha value is -3.71. The minimum atomic E-state index is 0.0228. The molecule has 3 aromatic heterocycles.